The Morgan fingerprint density at radius 1 is 1.20 bits per heavy atom. The Morgan fingerprint density at radius 2 is 1.80 bits per heavy atom. The van der Waals surface area contributed by atoms with Gasteiger partial charge in [0.25, 0.3) is 0 Å². The van der Waals surface area contributed by atoms with E-state index in [4.69, 9.17) is 12.2 Å². The summed E-state index contributed by atoms with van der Waals surface area (Å²) in [4.78, 5) is 3.91. The molecule has 106 valence electrons. The molecule has 0 unspecified atom stereocenters. The van der Waals surface area contributed by atoms with E-state index in [1.54, 1.807) is 6.07 Å². The van der Waals surface area contributed by atoms with Gasteiger partial charge in [-0.05, 0) is 17.5 Å². The van der Waals surface area contributed by atoms with Gasteiger partial charge in [-0.2, -0.15) is 0 Å². The first kappa shape index (κ1) is 15.9. The fourth-order valence-electron chi connectivity index (χ4n) is 1.99. The lowest BCUT2D eigenvalue weighted by atomic mass is 9.95. The normalized spacial score (nSPS) is 10.1. The molecule has 0 saturated heterocycles. The molecule has 4 heteroatoms. The Bertz CT molecular complexity index is 670. The van der Waals surface area contributed by atoms with Crippen LogP contribution in [0.4, 0.5) is 14.6 Å². The largest absolute Gasteiger partial charge is 0.384 e. The molecule has 0 fully saturated rings. The van der Waals surface area contributed by atoms with Crippen molar-refractivity contribution in [2.45, 2.75) is 33.6 Å². The molecular weight excluding hydrogens is 258 g/mol. The highest BCUT2D eigenvalue weighted by atomic mass is 19.1. The maximum Gasteiger partial charge on any atom is 0.152 e. The van der Waals surface area contributed by atoms with Crippen LogP contribution in [0.15, 0.2) is 12.1 Å². The molecule has 0 aliphatic carbocycles. The van der Waals surface area contributed by atoms with E-state index < -0.39 is 11.6 Å². The highest BCUT2D eigenvalue weighted by Gasteiger charge is 2.17. The van der Waals surface area contributed by atoms with Crippen LogP contribution >= 0.6 is 0 Å². The number of pyridine rings is 1. The first-order valence-corrected chi connectivity index (χ1v) is 6.50. The number of hydrogen-bond donors (Lipinski definition) is 1. The van der Waals surface area contributed by atoms with Gasteiger partial charge in [0.1, 0.15) is 17.2 Å². The molecular formula is C16H18F2N2. The SMILES string of the molecule is C#Cc1c(F)cc(F)c2nc(N)cc(C(C)C)c12.CC. The summed E-state index contributed by atoms with van der Waals surface area (Å²) in [5.74, 6) is 0.978. The molecule has 0 saturated carbocycles. The minimum atomic E-state index is -0.754. The number of rotatable bonds is 1. The predicted octanol–water partition coefficient (Wildman–Crippen LogP) is 4.23. The van der Waals surface area contributed by atoms with Crippen molar-refractivity contribution in [1.29, 1.82) is 0 Å². The minimum Gasteiger partial charge on any atom is -0.384 e. The van der Waals surface area contributed by atoms with Gasteiger partial charge in [0.05, 0.1) is 5.56 Å². The lowest BCUT2D eigenvalue weighted by molar-refractivity contribution is 0.588. The topological polar surface area (TPSA) is 38.9 Å². The summed E-state index contributed by atoms with van der Waals surface area (Å²) in [5.41, 5.74) is 6.39. The second-order valence-electron chi connectivity index (χ2n) is 4.37. The monoisotopic (exact) mass is 276 g/mol. The van der Waals surface area contributed by atoms with Crippen LogP contribution < -0.4 is 5.73 Å². The molecule has 1 heterocycles. The van der Waals surface area contributed by atoms with E-state index in [-0.39, 0.29) is 22.8 Å². The maximum atomic E-state index is 13.8. The number of terminal acetylenes is 1. The van der Waals surface area contributed by atoms with E-state index in [0.717, 1.165) is 6.07 Å². The zero-order chi connectivity index (χ0) is 15.4. The number of nitrogens with zero attached hydrogens (tertiary/aromatic N) is 1. The van der Waals surface area contributed by atoms with Gasteiger partial charge in [0.15, 0.2) is 5.82 Å². The van der Waals surface area contributed by atoms with E-state index in [9.17, 15) is 8.78 Å². The number of anilines is 1. The molecule has 1 aromatic heterocycles. The van der Waals surface area contributed by atoms with Crippen molar-refractivity contribution in [1.82, 2.24) is 4.98 Å². The maximum absolute atomic E-state index is 13.8. The van der Waals surface area contributed by atoms with Crippen molar-refractivity contribution in [3.63, 3.8) is 0 Å². The van der Waals surface area contributed by atoms with Crippen molar-refractivity contribution in [2.24, 2.45) is 0 Å². The molecule has 2 N–H and O–H groups in total. The van der Waals surface area contributed by atoms with Crippen LogP contribution in [-0.2, 0) is 0 Å². The van der Waals surface area contributed by atoms with Gasteiger partial charge in [-0.15, -0.1) is 6.42 Å². The summed E-state index contributed by atoms with van der Waals surface area (Å²) in [5, 5.41) is 0.333. The van der Waals surface area contributed by atoms with E-state index in [1.807, 2.05) is 27.7 Å². The summed E-state index contributed by atoms with van der Waals surface area (Å²) >= 11 is 0. The standard InChI is InChI=1S/C14H12F2N2.C2H6/c1-4-8-10(15)6-11(16)14-13(8)9(7(2)3)5-12(17)18-14;1-2/h1,5-7H,2-3H3,(H2,17,18);1-2H3. The molecule has 2 nitrogen and oxygen atoms in total. The predicted molar refractivity (Wildman–Crippen MR) is 79.4 cm³/mol. The molecule has 20 heavy (non-hydrogen) atoms. The van der Waals surface area contributed by atoms with Crippen LogP contribution in [0.1, 0.15) is 44.7 Å². The van der Waals surface area contributed by atoms with Crippen LogP contribution in [0.2, 0.25) is 0 Å². The molecule has 0 radical (unpaired) electrons. The summed E-state index contributed by atoms with van der Waals surface area (Å²) in [6.45, 7) is 7.80. The van der Waals surface area contributed by atoms with Gasteiger partial charge in [-0.25, -0.2) is 13.8 Å². The smallest absolute Gasteiger partial charge is 0.152 e. The van der Waals surface area contributed by atoms with Crippen molar-refractivity contribution >= 4 is 16.7 Å². The fourth-order valence-corrected chi connectivity index (χ4v) is 1.99. The Morgan fingerprint density at radius 3 is 2.30 bits per heavy atom. The van der Waals surface area contributed by atoms with E-state index in [0.29, 0.717) is 10.9 Å². The zero-order valence-corrected chi connectivity index (χ0v) is 12.1. The lowest BCUT2D eigenvalue weighted by Gasteiger charge is -2.13. The average Bonchev–Trinajstić information content (AvgIpc) is 2.41. The highest BCUT2D eigenvalue weighted by molar-refractivity contribution is 5.90. The third-order valence-corrected chi connectivity index (χ3v) is 2.80. The molecule has 2 aromatic rings. The fraction of sp³-hybridized carbons (Fsp3) is 0.312. The lowest BCUT2D eigenvalue weighted by Crippen LogP contribution is -2.02. The van der Waals surface area contributed by atoms with Crippen molar-refractivity contribution in [3.8, 4) is 12.3 Å². The van der Waals surface area contributed by atoms with E-state index in [1.165, 1.54) is 0 Å². The molecule has 2 rings (SSSR count). The van der Waals surface area contributed by atoms with E-state index >= 15 is 0 Å². The van der Waals surface area contributed by atoms with Crippen molar-refractivity contribution < 1.29 is 8.78 Å². The number of aromatic nitrogens is 1. The van der Waals surface area contributed by atoms with Gasteiger partial charge >= 0.3 is 0 Å². The average molecular weight is 276 g/mol. The third kappa shape index (κ3) is 2.72. The third-order valence-electron chi connectivity index (χ3n) is 2.80. The van der Waals surface area contributed by atoms with Crippen LogP contribution in [0.5, 0.6) is 0 Å². The van der Waals surface area contributed by atoms with Crippen LogP contribution in [0.25, 0.3) is 10.9 Å². The van der Waals surface area contributed by atoms with Gasteiger partial charge in [0.2, 0.25) is 0 Å². The van der Waals surface area contributed by atoms with Gasteiger partial charge in [-0.1, -0.05) is 33.6 Å². The number of fused-ring (bicyclic) bond motifs is 1. The Hall–Kier alpha value is -2.15. The first-order valence-electron chi connectivity index (χ1n) is 6.50. The number of halogens is 2. The summed E-state index contributed by atoms with van der Waals surface area (Å²) in [6, 6.07) is 2.35. The van der Waals surface area contributed by atoms with Crippen LogP contribution in [0.3, 0.4) is 0 Å². The van der Waals surface area contributed by atoms with Gasteiger partial charge in [-0.3, -0.25) is 0 Å². The van der Waals surface area contributed by atoms with Crippen molar-refractivity contribution in [3.05, 3.63) is 34.9 Å². The van der Waals surface area contributed by atoms with Crippen LogP contribution in [0, 0.1) is 24.0 Å². The van der Waals surface area contributed by atoms with Gasteiger partial charge < -0.3 is 5.73 Å². The Kier molecular flexibility index (Phi) is 5.04. The number of nitrogen functional groups attached to an aromatic ring is 1. The number of benzene rings is 1. The molecule has 0 amide bonds. The quantitative estimate of drug-likeness (QED) is 0.792. The molecule has 0 aliphatic heterocycles. The summed E-state index contributed by atoms with van der Waals surface area (Å²) < 4.78 is 27.4. The Labute approximate surface area is 118 Å². The Balaban J connectivity index is 0.000000956. The molecule has 0 bridgehead atoms. The van der Waals surface area contributed by atoms with Crippen LogP contribution in [-0.4, -0.2) is 4.98 Å². The van der Waals surface area contributed by atoms with Crippen molar-refractivity contribution in [2.75, 3.05) is 5.73 Å². The molecule has 0 aliphatic rings. The molecule has 0 spiro atoms. The zero-order valence-electron chi connectivity index (χ0n) is 12.1. The number of nitrogens with two attached hydrogens (primary N) is 1. The molecule has 0 atom stereocenters. The van der Waals surface area contributed by atoms with E-state index in [2.05, 4.69) is 10.9 Å². The molecule has 1 aromatic carbocycles. The van der Waals surface area contributed by atoms with Gasteiger partial charge in [0, 0.05) is 11.5 Å². The first-order chi connectivity index (χ1) is 9.45. The second-order valence-corrected chi connectivity index (χ2v) is 4.37. The summed E-state index contributed by atoms with van der Waals surface area (Å²) in [7, 11) is 0. The second kappa shape index (κ2) is 6.33. The summed E-state index contributed by atoms with van der Waals surface area (Å²) in [6.07, 6.45) is 5.30. The minimum absolute atomic E-state index is 0.0213. The highest BCUT2D eigenvalue weighted by Crippen LogP contribution is 2.31. The number of hydrogen-bond acceptors (Lipinski definition) is 2.